The standard InChI is InChI=1S/C23H28N2O3S/c1-4-15-24-17(3)21(23(26)28-16-18-9-7-6-8-10-18)22(29)25-19-11-13-20(14-12-19)27-5-2/h6-14,24H,4-5,15-16H2,1-3H3,(H,25,29). The molecule has 2 aromatic carbocycles. The third-order valence-electron chi connectivity index (χ3n) is 4.08. The number of hydrogen-bond acceptors (Lipinski definition) is 5. The molecular weight excluding hydrogens is 384 g/mol. The van der Waals surface area contributed by atoms with E-state index in [9.17, 15) is 4.79 Å². The fourth-order valence-electron chi connectivity index (χ4n) is 2.61. The van der Waals surface area contributed by atoms with Crippen molar-refractivity contribution in [1.82, 2.24) is 5.32 Å². The molecule has 5 nitrogen and oxygen atoms in total. The van der Waals surface area contributed by atoms with E-state index in [4.69, 9.17) is 21.7 Å². The van der Waals surface area contributed by atoms with Crippen LogP contribution in [-0.2, 0) is 16.1 Å². The summed E-state index contributed by atoms with van der Waals surface area (Å²) in [5, 5.41) is 6.36. The van der Waals surface area contributed by atoms with Crippen LogP contribution in [0.1, 0.15) is 32.8 Å². The van der Waals surface area contributed by atoms with Crippen molar-refractivity contribution in [1.29, 1.82) is 0 Å². The number of esters is 1. The normalized spacial score (nSPS) is 11.3. The molecule has 0 aliphatic carbocycles. The first-order valence-electron chi connectivity index (χ1n) is 9.75. The highest BCUT2D eigenvalue weighted by Gasteiger charge is 2.20. The third kappa shape index (κ3) is 7.23. The number of ether oxygens (including phenoxy) is 2. The summed E-state index contributed by atoms with van der Waals surface area (Å²) in [6.45, 7) is 7.37. The second kappa shape index (κ2) is 11.9. The number of rotatable bonds is 10. The Hall–Kier alpha value is -2.86. The van der Waals surface area contributed by atoms with Gasteiger partial charge in [0.2, 0.25) is 0 Å². The summed E-state index contributed by atoms with van der Waals surface area (Å²) in [4.78, 5) is 13.1. The van der Waals surface area contributed by atoms with Crippen LogP contribution in [0.4, 0.5) is 5.69 Å². The first-order chi connectivity index (χ1) is 14.0. The van der Waals surface area contributed by atoms with Gasteiger partial charge in [0, 0.05) is 17.9 Å². The van der Waals surface area contributed by atoms with Crippen molar-refractivity contribution in [3.8, 4) is 5.75 Å². The Morgan fingerprint density at radius 1 is 1.03 bits per heavy atom. The Labute approximate surface area is 178 Å². The minimum Gasteiger partial charge on any atom is -0.494 e. The molecule has 29 heavy (non-hydrogen) atoms. The van der Waals surface area contributed by atoms with Crippen molar-refractivity contribution >= 4 is 28.9 Å². The second-order valence-corrected chi connectivity index (χ2v) is 6.81. The molecule has 154 valence electrons. The zero-order chi connectivity index (χ0) is 21.1. The molecule has 0 saturated heterocycles. The Balaban J connectivity index is 2.13. The van der Waals surface area contributed by atoms with E-state index < -0.39 is 5.97 Å². The predicted molar refractivity (Wildman–Crippen MR) is 121 cm³/mol. The molecule has 2 N–H and O–H groups in total. The maximum atomic E-state index is 12.8. The van der Waals surface area contributed by atoms with Crippen LogP contribution in [0.5, 0.6) is 5.75 Å². The molecule has 0 atom stereocenters. The van der Waals surface area contributed by atoms with Gasteiger partial charge < -0.3 is 20.1 Å². The molecule has 0 heterocycles. The van der Waals surface area contributed by atoms with Crippen molar-refractivity contribution in [3.05, 3.63) is 71.4 Å². The van der Waals surface area contributed by atoms with Gasteiger partial charge in [-0.3, -0.25) is 0 Å². The van der Waals surface area contributed by atoms with E-state index in [1.807, 2.05) is 68.4 Å². The molecule has 0 radical (unpaired) electrons. The van der Waals surface area contributed by atoms with E-state index in [-0.39, 0.29) is 6.61 Å². The average molecular weight is 413 g/mol. The van der Waals surface area contributed by atoms with Gasteiger partial charge in [-0.05, 0) is 50.1 Å². The van der Waals surface area contributed by atoms with E-state index >= 15 is 0 Å². The number of hydrogen-bond donors (Lipinski definition) is 2. The van der Waals surface area contributed by atoms with Gasteiger partial charge in [-0.25, -0.2) is 4.79 Å². The van der Waals surface area contributed by atoms with Gasteiger partial charge >= 0.3 is 5.97 Å². The Kier molecular flexibility index (Phi) is 9.18. The average Bonchev–Trinajstić information content (AvgIpc) is 2.73. The van der Waals surface area contributed by atoms with Gasteiger partial charge in [0.15, 0.2) is 0 Å². The van der Waals surface area contributed by atoms with Gasteiger partial charge in [0.25, 0.3) is 0 Å². The summed E-state index contributed by atoms with van der Waals surface area (Å²) >= 11 is 5.53. The van der Waals surface area contributed by atoms with Crippen LogP contribution in [0.2, 0.25) is 0 Å². The lowest BCUT2D eigenvalue weighted by atomic mass is 10.2. The summed E-state index contributed by atoms with van der Waals surface area (Å²) in [5.41, 5.74) is 2.71. The Morgan fingerprint density at radius 2 is 1.72 bits per heavy atom. The van der Waals surface area contributed by atoms with Gasteiger partial charge in [0.05, 0.1) is 6.61 Å². The van der Waals surface area contributed by atoms with Crippen LogP contribution >= 0.6 is 12.2 Å². The number of carbonyl (C=O) groups is 1. The molecule has 0 bridgehead atoms. The summed E-state index contributed by atoms with van der Waals surface area (Å²) in [7, 11) is 0. The quantitative estimate of drug-likeness (QED) is 0.331. The molecule has 0 unspecified atom stereocenters. The topological polar surface area (TPSA) is 59.6 Å². The summed E-state index contributed by atoms with van der Waals surface area (Å²) in [6, 6.07) is 17.0. The van der Waals surface area contributed by atoms with Gasteiger partial charge in [-0.1, -0.05) is 49.5 Å². The van der Waals surface area contributed by atoms with Crippen LogP contribution in [0.25, 0.3) is 0 Å². The lowest BCUT2D eigenvalue weighted by molar-refractivity contribution is -0.139. The van der Waals surface area contributed by atoms with Crippen LogP contribution in [0.3, 0.4) is 0 Å². The zero-order valence-electron chi connectivity index (χ0n) is 17.2. The number of anilines is 1. The van der Waals surface area contributed by atoms with E-state index in [0.29, 0.717) is 22.9 Å². The van der Waals surface area contributed by atoms with Crippen molar-refractivity contribution in [2.75, 3.05) is 18.5 Å². The highest BCUT2D eigenvalue weighted by molar-refractivity contribution is 7.81. The number of allylic oxidation sites excluding steroid dienone is 1. The molecular formula is C23H28N2O3S. The Morgan fingerprint density at radius 3 is 2.34 bits per heavy atom. The summed E-state index contributed by atoms with van der Waals surface area (Å²) < 4.78 is 11.0. The molecule has 6 heteroatoms. The monoisotopic (exact) mass is 412 g/mol. The molecule has 2 aromatic rings. The van der Waals surface area contributed by atoms with Crippen LogP contribution in [0, 0.1) is 0 Å². The molecule has 0 aliphatic heterocycles. The van der Waals surface area contributed by atoms with Crippen molar-refractivity contribution in [2.45, 2.75) is 33.8 Å². The largest absolute Gasteiger partial charge is 0.494 e. The lowest BCUT2D eigenvalue weighted by Crippen LogP contribution is -2.26. The van der Waals surface area contributed by atoms with Crippen LogP contribution < -0.4 is 15.4 Å². The summed E-state index contributed by atoms with van der Waals surface area (Å²) in [6.07, 6.45) is 0.933. The number of thiocarbonyl (C=S) groups is 1. The van der Waals surface area contributed by atoms with E-state index in [1.54, 1.807) is 0 Å². The molecule has 0 spiro atoms. The highest BCUT2D eigenvalue weighted by Crippen LogP contribution is 2.18. The van der Waals surface area contributed by atoms with Gasteiger partial charge in [-0.2, -0.15) is 0 Å². The summed E-state index contributed by atoms with van der Waals surface area (Å²) in [5.74, 6) is 0.321. The SMILES string of the molecule is CCCNC(C)=C(C(=O)OCc1ccccc1)C(=S)Nc1ccc(OCC)cc1. The van der Waals surface area contributed by atoms with Crippen LogP contribution in [-0.4, -0.2) is 24.1 Å². The van der Waals surface area contributed by atoms with E-state index in [1.165, 1.54) is 0 Å². The highest BCUT2D eigenvalue weighted by atomic mass is 32.1. The lowest BCUT2D eigenvalue weighted by Gasteiger charge is -2.16. The fourth-order valence-corrected chi connectivity index (χ4v) is 2.96. The third-order valence-corrected chi connectivity index (χ3v) is 4.39. The maximum absolute atomic E-state index is 12.8. The molecule has 0 aromatic heterocycles. The van der Waals surface area contributed by atoms with E-state index in [2.05, 4.69) is 17.6 Å². The van der Waals surface area contributed by atoms with Crippen molar-refractivity contribution in [3.63, 3.8) is 0 Å². The number of nitrogens with one attached hydrogen (secondary N) is 2. The minimum absolute atomic E-state index is 0.190. The first-order valence-corrected chi connectivity index (χ1v) is 10.2. The van der Waals surface area contributed by atoms with Crippen molar-refractivity contribution < 1.29 is 14.3 Å². The predicted octanol–water partition coefficient (Wildman–Crippen LogP) is 4.84. The molecule has 0 saturated carbocycles. The minimum atomic E-state index is -0.460. The second-order valence-electron chi connectivity index (χ2n) is 6.40. The van der Waals surface area contributed by atoms with Gasteiger partial charge in [0.1, 0.15) is 22.9 Å². The van der Waals surface area contributed by atoms with E-state index in [0.717, 1.165) is 30.0 Å². The smallest absolute Gasteiger partial charge is 0.343 e. The zero-order valence-corrected chi connectivity index (χ0v) is 18.0. The maximum Gasteiger partial charge on any atom is 0.343 e. The number of carbonyl (C=O) groups excluding carboxylic acids is 1. The fraction of sp³-hybridized carbons (Fsp3) is 0.304. The molecule has 0 amide bonds. The Bertz CT molecular complexity index is 833. The van der Waals surface area contributed by atoms with Crippen LogP contribution in [0.15, 0.2) is 65.9 Å². The molecule has 2 rings (SSSR count). The molecule has 0 fully saturated rings. The number of benzene rings is 2. The van der Waals surface area contributed by atoms with Crippen molar-refractivity contribution in [2.24, 2.45) is 0 Å². The molecule has 0 aliphatic rings. The first kappa shape index (κ1) is 22.4. The van der Waals surface area contributed by atoms with Gasteiger partial charge in [-0.15, -0.1) is 0 Å².